The lowest BCUT2D eigenvalue weighted by molar-refractivity contribution is -0.0352. The van der Waals surface area contributed by atoms with E-state index in [2.05, 4.69) is 52.1 Å². The van der Waals surface area contributed by atoms with Crippen LogP contribution in [0.5, 0.6) is 0 Å². The molecule has 0 fully saturated rings. The van der Waals surface area contributed by atoms with Crippen molar-refractivity contribution in [2.24, 2.45) is 5.41 Å². The van der Waals surface area contributed by atoms with E-state index >= 15 is 0 Å². The molecule has 1 N–H and O–H groups in total. The first kappa shape index (κ1) is 17.5. The molecule has 0 aliphatic rings. The quantitative estimate of drug-likeness (QED) is 0.809. The normalized spacial score (nSPS) is 15.1. The monoisotopic (exact) mass is 297 g/mol. The molecule has 0 bridgehead atoms. The molecule has 0 heterocycles. The van der Waals surface area contributed by atoms with Gasteiger partial charge in [-0.1, -0.05) is 51.4 Å². The Hall–Kier alpha value is -0.570. The molecule has 0 aromatic heterocycles. The highest BCUT2D eigenvalue weighted by Gasteiger charge is 2.32. The maximum Gasteiger partial charge on any atom is 0.0779 e. The maximum atomic E-state index is 6.03. The molecule has 0 aliphatic heterocycles. The lowest BCUT2D eigenvalue weighted by Crippen LogP contribution is -2.49. The number of nitrogens with one attached hydrogen (secondary N) is 1. The fourth-order valence-corrected chi connectivity index (χ4v) is 2.70. The molecule has 0 saturated carbocycles. The van der Waals surface area contributed by atoms with Crippen molar-refractivity contribution < 1.29 is 4.74 Å². The van der Waals surface area contributed by atoms with Crippen LogP contribution in [0.25, 0.3) is 0 Å². The summed E-state index contributed by atoms with van der Waals surface area (Å²) in [7, 11) is 0. The van der Waals surface area contributed by atoms with Crippen molar-refractivity contribution in [1.29, 1.82) is 0 Å². The minimum Gasteiger partial charge on any atom is -0.376 e. The molecule has 3 heteroatoms. The summed E-state index contributed by atoms with van der Waals surface area (Å²) in [4.78, 5) is 0. The Balaban J connectivity index is 2.87. The van der Waals surface area contributed by atoms with E-state index in [1.807, 2.05) is 12.1 Å². The second-order valence-electron chi connectivity index (χ2n) is 6.24. The summed E-state index contributed by atoms with van der Waals surface area (Å²) in [5, 5.41) is 4.36. The Morgan fingerprint density at radius 3 is 2.20 bits per heavy atom. The highest BCUT2D eigenvalue weighted by molar-refractivity contribution is 6.30. The minimum absolute atomic E-state index is 0.106. The van der Waals surface area contributed by atoms with Gasteiger partial charge in [-0.05, 0) is 43.0 Å². The van der Waals surface area contributed by atoms with E-state index in [1.165, 1.54) is 5.56 Å². The van der Waals surface area contributed by atoms with Gasteiger partial charge in [-0.3, -0.25) is 0 Å². The largest absolute Gasteiger partial charge is 0.376 e. The standard InChI is InChI=1S/C17H28ClNO/c1-6-19-15(16(20-7-2)17(3,4)5)12-13-8-10-14(18)11-9-13/h8-11,15-16,19H,6-7,12H2,1-5H3. The summed E-state index contributed by atoms with van der Waals surface area (Å²) in [6, 6.07) is 8.40. The molecule has 0 spiro atoms. The van der Waals surface area contributed by atoms with Crippen LogP contribution >= 0.6 is 11.6 Å². The highest BCUT2D eigenvalue weighted by Crippen LogP contribution is 2.27. The van der Waals surface area contributed by atoms with Crippen LogP contribution in [0.1, 0.15) is 40.2 Å². The van der Waals surface area contributed by atoms with E-state index in [4.69, 9.17) is 16.3 Å². The van der Waals surface area contributed by atoms with Crippen LogP contribution in [0.3, 0.4) is 0 Å². The average Bonchev–Trinajstić information content (AvgIpc) is 2.37. The summed E-state index contributed by atoms with van der Waals surface area (Å²) in [5.74, 6) is 0. The van der Waals surface area contributed by atoms with Crippen molar-refractivity contribution in [3.05, 3.63) is 34.9 Å². The number of hydrogen-bond donors (Lipinski definition) is 1. The van der Waals surface area contributed by atoms with Crippen molar-refractivity contribution in [2.45, 2.75) is 53.2 Å². The third-order valence-electron chi connectivity index (χ3n) is 3.40. The Kier molecular flexibility index (Phi) is 7.01. The fourth-order valence-electron chi connectivity index (χ4n) is 2.57. The van der Waals surface area contributed by atoms with E-state index in [9.17, 15) is 0 Å². The van der Waals surface area contributed by atoms with E-state index < -0.39 is 0 Å². The Morgan fingerprint density at radius 1 is 1.15 bits per heavy atom. The topological polar surface area (TPSA) is 21.3 Å². The van der Waals surface area contributed by atoms with Crippen molar-refractivity contribution in [1.82, 2.24) is 5.32 Å². The van der Waals surface area contributed by atoms with Crippen LogP contribution in [0, 0.1) is 5.41 Å². The predicted octanol–water partition coefficient (Wildman–Crippen LogP) is 4.31. The predicted molar refractivity (Wildman–Crippen MR) is 87.5 cm³/mol. The summed E-state index contributed by atoms with van der Waals surface area (Å²) >= 11 is 5.95. The summed E-state index contributed by atoms with van der Waals surface area (Å²) in [6.07, 6.45) is 1.13. The van der Waals surface area contributed by atoms with Gasteiger partial charge in [0.25, 0.3) is 0 Å². The van der Waals surface area contributed by atoms with Crippen molar-refractivity contribution in [3.8, 4) is 0 Å². The molecule has 0 aliphatic carbocycles. The molecule has 2 unspecified atom stereocenters. The van der Waals surface area contributed by atoms with Crippen LogP contribution < -0.4 is 5.32 Å². The highest BCUT2D eigenvalue weighted by atomic mass is 35.5. The van der Waals surface area contributed by atoms with E-state index in [0.717, 1.165) is 24.6 Å². The zero-order chi connectivity index (χ0) is 15.2. The van der Waals surface area contributed by atoms with Crippen molar-refractivity contribution >= 4 is 11.6 Å². The van der Waals surface area contributed by atoms with Crippen LogP contribution in [0.2, 0.25) is 5.02 Å². The van der Waals surface area contributed by atoms with E-state index in [0.29, 0.717) is 6.04 Å². The van der Waals surface area contributed by atoms with Gasteiger partial charge in [0.2, 0.25) is 0 Å². The Morgan fingerprint density at radius 2 is 1.75 bits per heavy atom. The molecule has 1 aromatic carbocycles. The molecule has 2 atom stereocenters. The number of halogens is 1. The number of rotatable bonds is 7. The number of likely N-dealkylation sites (N-methyl/N-ethyl adjacent to an activating group) is 1. The van der Waals surface area contributed by atoms with E-state index in [1.54, 1.807) is 0 Å². The molecule has 20 heavy (non-hydrogen) atoms. The van der Waals surface area contributed by atoms with Gasteiger partial charge in [0.15, 0.2) is 0 Å². The number of hydrogen-bond acceptors (Lipinski definition) is 2. The summed E-state index contributed by atoms with van der Waals surface area (Å²) in [5.41, 5.74) is 1.39. The maximum absolute atomic E-state index is 6.03. The molecular weight excluding hydrogens is 270 g/mol. The summed E-state index contributed by atoms with van der Waals surface area (Å²) < 4.78 is 6.03. The molecule has 2 nitrogen and oxygen atoms in total. The molecule has 1 aromatic rings. The van der Waals surface area contributed by atoms with E-state index in [-0.39, 0.29) is 11.5 Å². The molecule has 114 valence electrons. The smallest absolute Gasteiger partial charge is 0.0779 e. The lowest BCUT2D eigenvalue weighted by Gasteiger charge is -2.37. The van der Waals surface area contributed by atoms with Gasteiger partial charge in [0.05, 0.1) is 6.10 Å². The van der Waals surface area contributed by atoms with Gasteiger partial charge in [-0.2, -0.15) is 0 Å². The first-order valence-electron chi connectivity index (χ1n) is 7.47. The molecule has 0 radical (unpaired) electrons. The third kappa shape index (κ3) is 5.43. The fraction of sp³-hybridized carbons (Fsp3) is 0.647. The van der Waals surface area contributed by atoms with Gasteiger partial charge in [0, 0.05) is 17.7 Å². The average molecular weight is 298 g/mol. The van der Waals surface area contributed by atoms with Crippen molar-refractivity contribution in [3.63, 3.8) is 0 Å². The molecule has 1 rings (SSSR count). The SMILES string of the molecule is CCNC(Cc1ccc(Cl)cc1)C(OCC)C(C)(C)C. The number of ether oxygens (including phenoxy) is 1. The number of benzene rings is 1. The van der Waals surface area contributed by atoms with Gasteiger partial charge < -0.3 is 10.1 Å². The zero-order valence-electron chi connectivity index (χ0n) is 13.4. The Labute approximate surface area is 128 Å². The minimum atomic E-state index is 0.106. The van der Waals surface area contributed by atoms with Gasteiger partial charge in [-0.15, -0.1) is 0 Å². The molecule has 0 saturated heterocycles. The first-order valence-corrected chi connectivity index (χ1v) is 7.85. The van der Waals surface area contributed by atoms with Gasteiger partial charge >= 0.3 is 0 Å². The van der Waals surface area contributed by atoms with Gasteiger partial charge in [-0.25, -0.2) is 0 Å². The van der Waals surface area contributed by atoms with Crippen LogP contribution in [0.15, 0.2) is 24.3 Å². The van der Waals surface area contributed by atoms with Crippen LogP contribution in [0.4, 0.5) is 0 Å². The molecule has 0 amide bonds. The van der Waals surface area contributed by atoms with Crippen LogP contribution in [-0.4, -0.2) is 25.3 Å². The second kappa shape index (κ2) is 8.02. The molecular formula is C17H28ClNO. The van der Waals surface area contributed by atoms with Gasteiger partial charge in [0.1, 0.15) is 0 Å². The third-order valence-corrected chi connectivity index (χ3v) is 3.65. The summed E-state index contributed by atoms with van der Waals surface area (Å²) in [6.45, 7) is 12.6. The van der Waals surface area contributed by atoms with Crippen LogP contribution in [-0.2, 0) is 11.2 Å². The first-order chi connectivity index (χ1) is 9.38. The Bertz CT molecular complexity index is 383. The van der Waals surface area contributed by atoms with Crippen molar-refractivity contribution in [2.75, 3.05) is 13.2 Å². The second-order valence-corrected chi connectivity index (χ2v) is 6.67. The lowest BCUT2D eigenvalue weighted by atomic mass is 9.82. The zero-order valence-corrected chi connectivity index (χ0v) is 14.1.